The number of rotatable bonds is 43. The molecule has 0 saturated carbocycles. The number of amides is 7. The number of nitrogens with zero attached hydrogens (tertiary/aromatic N) is 4. The molecule has 1 aliphatic carbocycles. The molecule has 0 saturated heterocycles. The van der Waals surface area contributed by atoms with Crippen molar-refractivity contribution in [3.05, 3.63) is 79.6 Å². The van der Waals surface area contributed by atoms with Crippen LogP contribution in [0.15, 0.2) is 34.5 Å². The number of aliphatic hydroxyl groups is 1. The molecule has 3 aliphatic rings. The molecule has 0 unspecified atom stereocenters. The minimum atomic E-state index is -3.60. The second-order valence-electron chi connectivity index (χ2n) is 24.3. The first-order valence-corrected chi connectivity index (χ1v) is 35.7. The Morgan fingerprint density at radius 1 is 0.725 bits per heavy atom. The highest BCUT2D eigenvalue weighted by atomic mass is 32.2. The van der Waals surface area contributed by atoms with E-state index in [0.29, 0.717) is 136 Å². The maximum Gasteiger partial charge on any atom is 0.343 e. The zero-order valence-electron chi connectivity index (χ0n) is 58.5. The molecule has 102 heavy (non-hydrogen) atoms. The van der Waals surface area contributed by atoms with Crippen LogP contribution in [0.1, 0.15) is 125 Å². The summed E-state index contributed by atoms with van der Waals surface area (Å²) in [5, 5.41) is 30.0. The summed E-state index contributed by atoms with van der Waals surface area (Å²) in [6, 6.07) is -2.55. The molecule has 0 fully saturated rings. The number of fused-ring (bicyclic) bond motifs is 5. The minimum absolute atomic E-state index is 0.0323. The number of halogens is 1. The lowest BCUT2D eigenvalue weighted by Crippen LogP contribution is -2.54. The topological polar surface area (TPSA) is 419 Å². The zero-order chi connectivity index (χ0) is 73.9. The van der Waals surface area contributed by atoms with Gasteiger partial charge in [-0.1, -0.05) is 18.8 Å². The van der Waals surface area contributed by atoms with Crippen LogP contribution in [-0.4, -0.2) is 223 Å². The van der Waals surface area contributed by atoms with Crippen molar-refractivity contribution >= 4 is 68.1 Å². The van der Waals surface area contributed by atoms with Gasteiger partial charge in [-0.15, -0.1) is 0 Å². The largest absolute Gasteiger partial charge is 0.458 e. The van der Waals surface area contributed by atoms with E-state index in [2.05, 4.69) is 59.0 Å². The van der Waals surface area contributed by atoms with Gasteiger partial charge >= 0.3 is 5.97 Å². The lowest BCUT2D eigenvalue weighted by molar-refractivity contribution is -0.172. The second-order valence-corrected chi connectivity index (χ2v) is 26.2. The summed E-state index contributed by atoms with van der Waals surface area (Å²) >= 11 is 0. The van der Waals surface area contributed by atoms with Gasteiger partial charge < -0.3 is 89.5 Å². The maximum atomic E-state index is 15.4. The summed E-state index contributed by atoms with van der Waals surface area (Å²) in [5.74, 6) is -0.273. The summed E-state index contributed by atoms with van der Waals surface area (Å²) in [7, 11) is -3.60. The summed E-state index contributed by atoms with van der Waals surface area (Å²) in [6.07, 6.45) is 4.15. The summed E-state index contributed by atoms with van der Waals surface area (Å²) in [4.78, 5) is 132. The van der Waals surface area contributed by atoms with Crippen LogP contribution in [0.2, 0.25) is 0 Å². The molecular formula is C68H92FN11O21S. The fourth-order valence-electron chi connectivity index (χ4n) is 11.3. The number of aryl methyl sites for hydroxylation is 1. The Kier molecular flexibility index (Phi) is 31.5. The van der Waals surface area contributed by atoms with E-state index in [1.165, 1.54) is 43.8 Å². The Labute approximate surface area is 589 Å². The van der Waals surface area contributed by atoms with Crippen molar-refractivity contribution < 1.29 is 98.9 Å². The molecule has 1 aromatic carbocycles. The van der Waals surface area contributed by atoms with Crippen LogP contribution in [0.4, 0.5) is 4.39 Å². The van der Waals surface area contributed by atoms with Gasteiger partial charge in [0.05, 0.1) is 127 Å². The Hall–Kier alpha value is -8.50. The number of benzene rings is 1. The van der Waals surface area contributed by atoms with Crippen LogP contribution < -0.4 is 42.8 Å². The molecule has 0 bridgehead atoms. The van der Waals surface area contributed by atoms with Gasteiger partial charge in [0.25, 0.3) is 5.56 Å². The van der Waals surface area contributed by atoms with Crippen LogP contribution in [0, 0.1) is 24.6 Å². The normalized spacial score (nSPS) is 16.2. The number of hydrogen-bond acceptors (Lipinski definition) is 24. The summed E-state index contributed by atoms with van der Waals surface area (Å²) in [6.45, 7) is 13.6. The third kappa shape index (κ3) is 23.0. The smallest absolute Gasteiger partial charge is 0.343 e. The van der Waals surface area contributed by atoms with E-state index in [-0.39, 0.29) is 94.3 Å². The fourth-order valence-corrected chi connectivity index (χ4v) is 11.7. The molecule has 32 nitrogen and oxygen atoms in total. The lowest BCUT2D eigenvalue weighted by Gasteiger charge is -2.31. The van der Waals surface area contributed by atoms with Crippen molar-refractivity contribution in [3.63, 3.8) is 0 Å². The third-order valence-corrected chi connectivity index (χ3v) is 17.6. The van der Waals surface area contributed by atoms with E-state index in [1.807, 2.05) is 6.92 Å². The Bertz CT molecular complexity index is 3870. The SMILES string of the molecule is CCOCCOCCOCCOCCOCCOCCOCCNC(=O)[C@H](CCC(=O)N[C@@H](C)C(=O)N[C@@H](C)C(=O)N[C@@H](C)C(=O)NCOCC(=O)N[C@H]1CCc2c(C)c(F)cc3nc4c(c1c23)Cn1c-4cc2c(c1=O)COC(=O)[C@]2(O)CC)NC(=O)CCCC#Cc1cnc(S(C)(=O)=O)nc1. The molecule has 0 radical (unpaired) electrons. The van der Waals surface area contributed by atoms with Gasteiger partial charge in [0.15, 0.2) is 5.60 Å². The van der Waals surface area contributed by atoms with Crippen LogP contribution in [-0.2, 0) is 116 Å². The van der Waals surface area contributed by atoms with Crippen molar-refractivity contribution in [1.82, 2.24) is 56.7 Å². The highest BCUT2D eigenvalue weighted by Crippen LogP contribution is 2.46. The molecule has 3 aromatic heterocycles. The molecule has 34 heteroatoms. The van der Waals surface area contributed by atoms with E-state index < -0.39 is 118 Å². The summed E-state index contributed by atoms with van der Waals surface area (Å²) < 4.78 is 89.2. The van der Waals surface area contributed by atoms with Crippen molar-refractivity contribution in [2.45, 2.75) is 147 Å². The quantitative estimate of drug-likeness (QED) is 0.00847. The van der Waals surface area contributed by atoms with Gasteiger partial charge in [0.1, 0.15) is 49.9 Å². The Balaban J connectivity index is 0.809. The first-order valence-electron chi connectivity index (χ1n) is 33.8. The average molecular weight is 1450 g/mol. The van der Waals surface area contributed by atoms with E-state index in [0.717, 1.165) is 6.26 Å². The van der Waals surface area contributed by atoms with Crippen LogP contribution in [0.25, 0.3) is 22.3 Å². The standard InChI is InChI=1S/C68H92FN11O21S/c1-8-68(90)49-33-54-60-47(37-80(54)65(88)48(49)38-101-66(68)89)59-51(16-15-46-41(3)50(69)34-53(79-60)58(46)59)77-57(83)39-100-40-73-61(84)42(4)75-63(86)44(6)76-62(85)43(5)74-56(82)18-17-52(78-55(81)14-12-10-11-13-45-35-71-67(72-36-45)102(7,91)92)64(87)70-19-20-94-23-24-96-27-28-98-31-32-99-30-29-97-26-25-95-22-21-93-9-2/h33-36,42-44,51-52,90H,8-10,12,14-32,37-40H2,1-7H3,(H,70,87)(H,73,84)(H,74,82)(H,75,86)(H,76,85)(H,77,83)(H,78,81)/t42-,43-,44-,51-,52-,68-/m0/s1. The third-order valence-electron chi connectivity index (χ3n) is 16.8. The first-order chi connectivity index (χ1) is 48.9. The van der Waals surface area contributed by atoms with Crippen LogP contribution >= 0.6 is 0 Å². The first kappa shape index (κ1) is 80.8. The number of hydrogen-bond donors (Lipinski definition) is 8. The summed E-state index contributed by atoms with van der Waals surface area (Å²) in [5.41, 5.74) is 1.35. The fraction of sp³-hybridized carbons (Fsp3) is 0.588. The molecule has 7 rings (SSSR count). The molecule has 0 spiro atoms. The molecule has 4 aromatic rings. The van der Waals surface area contributed by atoms with E-state index in [4.69, 9.17) is 47.6 Å². The molecule has 7 amide bonds. The number of pyridine rings is 2. The zero-order valence-corrected chi connectivity index (χ0v) is 59.3. The van der Waals surface area contributed by atoms with E-state index in [9.17, 15) is 56.7 Å². The number of unbranched alkanes of at least 4 members (excludes halogenated alkanes) is 1. The van der Waals surface area contributed by atoms with E-state index >= 15 is 4.39 Å². The number of aromatic nitrogens is 4. The van der Waals surface area contributed by atoms with Gasteiger partial charge in [0, 0.05) is 73.6 Å². The number of carbonyl (C=O) groups is 8. The molecule has 6 atom stereocenters. The molecular weight excluding hydrogens is 1360 g/mol. The van der Waals surface area contributed by atoms with Crippen molar-refractivity contribution in [1.29, 1.82) is 0 Å². The highest BCUT2D eigenvalue weighted by molar-refractivity contribution is 7.90. The molecule has 2 aliphatic heterocycles. The van der Waals surface area contributed by atoms with Crippen molar-refractivity contribution in [2.24, 2.45) is 0 Å². The Morgan fingerprint density at radius 3 is 1.90 bits per heavy atom. The van der Waals surface area contributed by atoms with Gasteiger partial charge in [-0.25, -0.2) is 32.6 Å². The number of carbonyl (C=O) groups excluding carboxylic acids is 8. The van der Waals surface area contributed by atoms with E-state index in [1.54, 1.807) is 19.9 Å². The van der Waals surface area contributed by atoms with Crippen LogP contribution in [0.3, 0.4) is 0 Å². The highest BCUT2D eigenvalue weighted by Gasteiger charge is 2.46. The molecule has 558 valence electrons. The van der Waals surface area contributed by atoms with Gasteiger partial charge in [0.2, 0.25) is 56.3 Å². The average Bonchev–Trinajstić information content (AvgIpc) is 1.49. The monoisotopic (exact) mass is 1450 g/mol. The molecule has 5 heterocycles. The van der Waals surface area contributed by atoms with Gasteiger partial charge in [-0.05, 0) is 89.5 Å². The number of nitrogens with one attached hydrogen (secondary N) is 7. The minimum Gasteiger partial charge on any atom is -0.458 e. The molecule has 8 N–H and O–H groups in total. The number of ether oxygens (including phenoxy) is 9. The second kappa shape index (κ2) is 39.8. The van der Waals surface area contributed by atoms with Crippen molar-refractivity contribution in [2.75, 3.05) is 119 Å². The number of cyclic esters (lactones) is 1. The van der Waals surface area contributed by atoms with Crippen LogP contribution in [0.5, 0.6) is 0 Å². The van der Waals surface area contributed by atoms with Gasteiger partial charge in [-0.3, -0.25) is 38.4 Å². The van der Waals surface area contributed by atoms with Gasteiger partial charge in [-0.2, -0.15) is 0 Å². The number of sulfone groups is 1. The predicted molar refractivity (Wildman–Crippen MR) is 362 cm³/mol. The van der Waals surface area contributed by atoms with Crippen molar-refractivity contribution in [3.8, 4) is 23.2 Å². The lowest BCUT2D eigenvalue weighted by atomic mass is 9.81. The maximum absolute atomic E-state index is 15.4. The number of esters is 1. The Morgan fingerprint density at radius 2 is 1.30 bits per heavy atom. The predicted octanol–water partition coefficient (Wildman–Crippen LogP) is 0.168.